The number of hydrogen-bond acceptors (Lipinski definition) is 2. The van der Waals surface area contributed by atoms with Gasteiger partial charge in [-0.05, 0) is 31.7 Å². The van der Waals surface area contributed by atoms with E-state index in [2.05, 4.69) is 5.32 Å². The summed E-state index contributed by atoms with van der Waals surface area (Å²) in [4.78, 5) is 0.370. The zero-order valence-electron chi connectivity index (χ0n) is 8.52. The Balaban J connectivity index is 2.36. The van der Waals surface area contributed by atoms with E-state index in [0.29, 0.717) is 10.5 Å². The quantitative estimate of drug-likeness (QED) is 0.782. The van der Waals surface area contributed by atoms with Gasteiger partial charge in [0.25, 0.3) is 0 Å². The number of rotatable bonds is 2. The summed E-state index contributed by atoms with van der Waals surface area (Å²) in [5.74, 6) is -1.41. The minimum absolute atomic E-state index is 0.0181. The van der Waals surface area contributed by atoms with Crippen molar-refractivity contribution in [2.75, 3.05) is 12.8 Å². The maximum Gasteiger partial charge on any atom is 0.172 e. The molecule has 82 valence electrons. The van der Waals surface area contributed by atoms with Crippen LogP contribution in [0.4, 0.5) is 8.78 Å². The first-order chi connectivity index (χ1) is 7.24. The van der Waals surface area contributed by atoms with E-state index < -0.39 is 11.6 Å². The van der Waals surface area contributed by atoms with Gasteiger partial charge in [-0.1, -0.05) is 6.07 Å². The monoisotopic (exact) mass is 229 g/mol. The van der Waals surface area contributed by atoms with Gasteiger partial charge < -0.3 is 5.32 Å². The zero-order valence-corrected chi connectivity index (χ0v) is 9.33. The van der Waals surface area contributed by atoms with Gasteiger partial charge >= 0.3 is 0 Å². The number of thioether (sulfide) groups is 1. The van der Waals surface area contributed by atoms with Crippen LogP contribution < -0.4 is 5.32 Å². The topological polar surface area (TPSA) is 12.0 Å². The van der Waals surface area contributed by atoms with Gasteiger partial charge in [-0.15, -0.1) is 11.8 Å². The molecule has 0 amide bonds. The van der Waals surface area contributed by atoms with Crippen LogP contribution in [0.2, 0.25) is 0 Å². The van der Waals surface area contributed by atoms with Crippen molar-refractivity contribution in [3.05, 3.63) is 29.3 Å². The van der Waals surface area contributed by atoms with Gasteiger partial charge in [0.2, 0.25) is 0 Å². The summed E-state index contributed by atoms with van der Waals surface area (Å²) in [6, 6.07) is 3.32. The fourth-order valence-corrected chi connectivity index (χ4v) is 2.40. The van der Waals surface area contributed by atoms with Crippen LogP contribution in [-0.2, 0) is 0 Å². The molecule has 1 atom stereocenters. The molecule has 0 bridgehead atoms. The van der Waals surface area contributed by atoms with E-state index in [0.717, 1.165) is 19.4 Å². The van der Waals surface area contributed by atoms with Crippen LogP contribution in [0.5, 0.6) is 0 Å². The van der Waals surface area contributed by atoms with Gasteiger partial charge in [-0.25, -0.2) is 8.78 Å². The molecular formula is C11H13F2NS. The van der Waals surface area contributed by atoms with Crippen molar-refractivity contribution >= 4 is 11.8 Å². The van der Waals surface area contributed by atoms with Gasteiger partial charge in [-0.2, -0.15) is 0 Å². The molecule has 0 saturated carbocycles. The van der Waals surface area contributed by atoms with Crippen LogP contribution in [0.3, 0.4) is 0 Å². The Hall–Kier alpha value is -0.610. The molecule has 1 unspecified atom stereocenters. The number of halogens is 2. The highest BCUT2D eigenvalue weighted by Gasteiger charge is 2.22. The van der Waals surface area contributed by atoms with Gasteiger partial charge in [0.15, 0.2) is 11.6 Å². The van der Waals surface area contributed by atoms with Gasteiger partial charge in [0.05, 0.1) is 0 Å². The summed E-state index contributed by atoms with van der Waals surface area (Å²) in [6.07, 6.45) is 3.65. The second kappa shape index (κ2) is 4.49. The van der Waals surface area contributed by atoms with Crippen molar-refractivity contribution in [3.63, 3.8) is 0 Å². The molecule has 1 aliphatic heterocycles. The largest absolute Gasteiger partial charge is 0.310 e. The Morgan fingerprint density at radius 1 is 1.33 bits per heavy atom. The Morgan fingerprint density at radius 2 is 2.13 bits per heavy atom. The molecule has 1 saturated heterocycles. The van der Waals surface area contributed by atoms with Crippen LogP contribution in [-0.4, -0.2) is 12.8 Å². The highest BCUT2D eigenvalue weighted by atomic mass is 32.2. The van der Waals surface area contributed by atoms with Crippen molar-refractivity contribution in [3.8, 4) is 0 Å². The third kappa shape index (κ3) is 2.01. The summed E-state index contributed by atoms with van der Waals surface area (Å²) >= 11 is 1.23. The van der Waals surface area contributed by atoms with E-state index in [1.807, 2.05) is 0 Å². The van der Waals surface area contributed by atoms with E-state index in [4.69, 9.17) is 0 Å². The fraction of sp³-hybridized carbons (Fsp3) is 0.455. The Kier molecular flexibility index (Phi) is 3.26. The highest BCUT2D eigenvalue weighted by Crippen LogP contribution is 2.30. The van der Waals surface area contributed by atoms with Crippen LogP contribution in [0.25, 0.3) is 0 Å². The average Bonchev–Trinajstić information content (AvgIpc) is 2.75. The van der Waals surface area contributed by atoms with Crippen molar-refractivity contribution in [2.24, 2.45) is 0 Å². The SMILES string of the molecule is CSc1ccc(C2CCCN2)c(F)c1F. The Bertz CT molecular complexity index is 362. The second-order valence-electron chi connectivity index (χ2n) is 3.63. The van der Waals surface area contributed by atoms with Crippen LogP contribution >= 0.6 is 11.8 Å². The van der Waals surface area contributed by atoms with E-state index in [9.17, 15) is 8.78 Å². The second-order valence-corrected chi connectivity index (χ2v) is 4.48. The molecule has 0 radical (unpaired) electrons. The molecular weight excluding hydrogens is 216 g/mol. The summed E-state index contributed by atoms with van der Waals surface area (Å²) < 4.78 is 27.2. The summed E-state index contributed by atoms with van der Waals surface area (Å²) in [7, 11) is 0. The summed E-state index contributed by atoms with van der Waals surface area (Å²) in [6.45, 7) is 0.885. The molecule has 1 aliphatic rings. The lowest BCUT2D eigenvalue weighted by atomic mass is 10.0. The van der Waals surface area contributed by atoms with Gasteiger partial charge in [-0.3, -0.25) is 0 Å². The molecule has 2 rings (SSSR count). The molecule has 15 heavy (non-hydrogen) atoms. The number of hydrogen-bond donors (Lipinski definition) is 1. The maximum absolute atomic E-state index is 13.7. The molecule has 0 aromatic heterocycles. The first-order valence-electron chi connectivity index (χ1n) is 4.99. The van der Waals surface area contributed by atoms with Crippen LogP contribution in [0.15, 0.2) is 17.0 Å². The molecule has 0 aliphatic carbocycles. The molecule has 1 aromatic carbocycles. The van der Waals surface area contributed by atoms with E-state index >= 15 is 0 Å². The Morgan fingerprint density at radius 3 is 2.73 bits per heavy atom. The molecule has 1 heterocycles. The predicted molar refractivity (Wildman–Crippen MR) is 58.1 cm³/mol. The lowest BCUT2D eigenvalue weighted by Gasteiger charge is -2.13. The molecule has 1 nitrogen and oxygen atoms in total. The minimum Gasteiger partial charge on any atom is -0.310 e. The van der Waals surface area contributed by atoms with E-state index in [1.54, 1.807) is 18.4 Å². The average molecular weight is 229 g/mol. The van der Waals surface area contributed by atoms with Gasteiger partial charge in [0, 0.05) is 16.5 Å². The third-order valence-corrected chi connectivity index (χ3v) is 3.49. The number of benzene rings is 1. The van der Waals surface area contributed by atoms with Crippen molar-refractivity contribution < 1.29 is 8.78 Å². The third-order valence-electron chi connectivity index (χ3n) is 2.73. The van der Waals surface area contributed by atoms with Crippen LogP contribution in [0.1, 0.15) is 24.4 Å². The van der Waals surface area contributed by atoms with E-state index in [1.165, 1.54) is 11.8 Å². The Labute approximate surface area is 92.3 Å². The number of nitrogens with one attached hydrogen (secondary N) is 1. The van der Waals surface area contributed by atoms with Crippen LogP contribution in [0, 0.1) is 11.6 Å². The first-order valence-corrected chi connectivity index (χ1v) is 6.21. The molecule has 1 N–H and O–H groups in total. The minimum atomic E-state index is -0.714. The zero-order chi connectivity index (χ0) is 10.8. The maximum atomic E-state index is 13.7. The molecule has 4 heteroatoms. The summed E-state index contributed by atoms with van der Waals surface area (Å²) in [5, 5.41) is 3.16. The van der Waals surface area contributed by atoms with E-state index in [-0.39, 0.29) is 6.04 Å². The lowest BCUT2D eigenvalue weighted by Crippen LogP contribution is -2.15. The fourth-order valence-electron chi connectivity index (χ4n) is 1.92. The molecule has 1 fully saturated rings. The van der Waals surface area contributed by atoms with Crippen molar-refractivity contribution in [2.45, 2.75) is 23.8 Å². The highest BCUT2D eigenvalue weighted by molar-refractivity contribution is 7.98. The van der Waals surface area contributed by atoms with Crippen molar-refractivity contribution in [1.82, 2.24) is 5.32 Å². The first kappa shape index (κ1) is 10.9. The predicted octanol–water partition coefficient (Wildman–Crippen LogP) is 3.11. The van der Waals surface area contributed by atoms with Gasteiger partial charge in [0.1, 0.15) is 0 Å². The smallest absolute Gasteiger partial charge is 0.172 e. The molecule has 0 spiro atoms. The lowest BCUT2D eigenvalue weighted by molar-refractivity contribution is 0.467. The standard InChI is InChI=1S/C11H13F2NS/c1-15-9-5-4-7(10(12)11(9)13)8-3-2-6-14-8/h4-5,8,14H,2-3,6H2,1H3. The summed E-state index contributed by atoms with van der Waals surface area (Å²) in [5.41, 5.74) is 0.461. The molecule has 1 aromatic rings. The normalized spacial score (nSPS) is 20.9. The van der Waals surface area contributed by atoms with Crippen molar-refractivity contribution in [1.29, 1.82) is 0 Å².